The maximum atomic E-state index is 11.1. The van der Waals surface area contributed by atoms with E-state index in [9.17, 15) is 5.11 Å². The fourth-order valence-corrected chi connectivity index (χ4v) is 6.03. The Morgan fingerprint density at radius 3 is 1.90 bits per heavy atom. The van der Waals surface area contributed by atoms with Gasteiger partial charge < -0.3 is 9.63 Å². The van der Waals surface area contributed by atoms with E-state index >= 15 is 0 Å². The van der Waals surface area contributed by atoms with Crippen LogP contribution in [0.2, 0.25) is 0 Å². The topological polar surface area (TPSA) is 29.5 Å². The third-order valence-electron chi connectivity index (χ3n) is 5.67. The van der Waals surface area contributed by atoms with Gasteiger partial charge in [0.25, 0.3) is 0 Å². The standard InChI is InChI=1S/C27H31O2P/c1-26(2,3)21-15-18(16-22(25(21)28)27(4,5)6)17-30-24-14-10-8-12-20(24)19-11-7-9-13-23(19)29-30/h7-16,28H,17H2,1-6H3. The first-order valence-electron chi connectivity index (χ1n) is 10.6. The monoisotopic (exact) mass is 418 g/mol. The minimum absolute atomic E-state index is 0.134. The molecule has 2 nitrogen and oxygen atoms in total. The van der Waals surface area contributed by atoms with Crippen LogP contribution in [0.25, 0.3) is 11.1 Å². The quantitative estimate of drug-likeness (QED) is 0.444. The first kappa shape index (κ1) is 20.9. The van der Waals surface area contributed by atoms with Gasteiger partial charge in [0.2, 0.25) is 0 Å². The molecule has 1 heterocycles. The summed E-state index contributed by atoms with van der Waals surface area (Å²) in [4.78, 5) is 0. The normalized spacial score (nSPS) is 15.9. The minimum Gasteiger partial charge on any atom is -0.507 e. The molecule has 0 aromatic heterocycles. The van der Waals surface area contributed by atoms with Gasteiger partial charge in [-0.3, -0.25) is 0 Å². The number of phenols is 1. The summed E-state index contributed by atoms with van der Waals surface area (Å²) in [6.45, 7) is 13.0. The number of para-hydroxylation sites is 1. The summed E-state index contributed by atoms with van der Waals surface area (Å²) >= 11 is 0. The minimum atomic E-state index is -0.838. The van der Waals surface area contributed by atoms with Gasteiger partial charge >= 0.3 is 0 Å². The van der Waals surface area contributed by atoms with E-state index in [-0.39, 0.29) is 10.8 Å². The van der Waals surface area contributed by atoms with Crippen LogP contribution in [0.3, 0.4) is 0 Å². The largest absolute Gasteiger partial charge is 0.507 e. The Labute approximate surface area is 181 Å². The van der Waals surface area contributed by atoms with E-state index in [2.05, 4.69) is 96.1 Å². The van der Waals surface area contributed by atoms with Crippen LogP contribution >= 0.6 is 8.15 Å². The predicted octanol–water partition coefficient (Wildman–Crippen LogP) is 7.27. The van der Waals surface area contributed by atoms with Crippen molar-refractivity contribution in [2.45, 2.75) is 58.5 Å². The van der Waals surface area contributed by atoms with Crippen LogP contribution in [0.4, 0.5) is 0 Å². The van der Waals surface area contributed by atoms with Gasteiger partial charge in [-0.2, -0.15) is 0 Å². The number of hydrogen-bond donors (Lipinski definition) is 1. The van der Waals surface area contributed by atoms with Crippen LogP contribution in [-0.4, -0.2) is 5.11 Å². The summed E-state index contributed by atoms with van der Waals surface area (Å²) in [6, 6.07) is 21.3. The third kappa shape index (κ3) is 3.86. The summed E-state index contributed by atoms with van der Waals surface area (Å²) in [5, 5.41) is 12.3. The van der Waals surface area contributed by atoms with E-state index < -0.39 is 8.15 Å². The van der Waals surface area contributed by atoms with Crippen molar-refractivity contribution in [3.63, 3.8) is 0 Å². The second-order valence-electron chi connectivity index (χ2n) is 10.2. The molecule has 3 heteroatoms. The van der Waals surface area contributed by atoms with Gasteiger partial charge in [-0.25, -0.2) is 0 Å². The second-order valence-corrected chi connectivity index (χ2v) is 11.9. The Morgan fingerprint density at radius 2 is 1.30 bits per heavy atom. The Hall–Kier alpha value is -2.31. The zero-order valence-corrected chi connectivity index (χ0v) is 19.7. The van der Waals surface area contributed by atoms with Crippen molar-refractivity contribution in [1.82, 2.24) is 0 Å². The summed E-state index contributed by atoms with van der Waals surface area (Å²) in [5.74, 6) is 1.40. The number of hydrogen-bond acceptors (Lipinski definition) is 2. The SMILES string of the molecule is CC(C)(C)c1cc(CP2Oc3ccccc3-c3ccccc32)cc(C(C)(C)C)c1O. The Morgan fingerprint density at radius 1 is 0.767 bits per heavy atom. The molecule has 3 aromatic carbocycles. The van der Waals surface area contributed by atoms with Gasteiger partial charge in [0.15, 0.2) is 0 Å². The zero-order valence-electron chi connectivity index (χ0n) is 18.8. The first-order chi connectivity index (χ1) is 14.1. The average molecular weight is 419 g/mol. The molecule has 3 aromatic rings. The van der Waals surface area contributed by atoms with Crippen molar-refractivity contribution >= 4 is 13.5 Å². The molecule has 0 aliphatic carbocycles. The Balaban J connectivity index is 1.80. The summed E-state index contributed by atoms with van der Waals surface area (Å²) in [7, 11) is -0.838. The van der Waals surface area contributed by atoms with Gasteiger partial charge in [-0.15, -0.1) is 0 Å². The van der Waals surface area contributed by atoms with Crippen molar-refractivity contribution in [3.8, 4) is 22.6 Å². The lowest BCUT2D eigenvalue weighted by Gasteiger charge is -2.31. The summed E-state index contributed by atoms with van der Waals surface area (Å²) in [5.41, 5.74) is 5.41. The van der Waals surface area contributed by atoms with Crippen LogP contribution in [0.1, 0.15) is 58.2 Å². The van der Waals surface area contributed by atoms with E-state index in [4.69, 9.17) is 4.52 Å². The molecular weight excluding hydrogens is 387 g/mol. The molecular formula is C27H31O2P. The van der Waals surface area contributed by atoms with Gasteiger partial charge in [-0.1, -0.05) is 96.1 Å². The highest BCUT2D eigenvalue weighted by Gasteiger charge is 2.30. The van der Waals surface area contributed by atoms with E-state index in [0.29, 0.717) is 5.75 Å². The zero-order chi connectivity index (χ0) is 21.7. The highest BCUT2D eigenvalue weighted by atomic mass is 31.1. The molecule has 0 radical (unpaired) electrons. The number of fused-ring (bicyclic) bond motifs is 3. The van der Waals surface area contributed by atoms with E-state index in [1.54, 1.807) is 0 Å². The highest BCUT2D eigenvalue weighted by Crippen LogP contribution is 2.51. The summed E-state index contributed by atoms with van der Waals surface area (Å²) < 4.78 is 6.55. The number of rotatable bonds is 2. The molecule has 1 aliphatic heterocycles. The molecule has 0 saturated carbocycles. The molecule has 0 spiro atoms. The van der Waals surface area contributed by atoms with Crippen molar-refractivity contribution in [1.29, 1.82) is 0 Å². The van der Waals surface area contributed by atoms with Crippen molar-refractivity contribution in [2.75, 3.05) is 0 Å². The fourth-order valence-electron chi connectivity index (χ4n) is 4.07. The van der Waals surface area contributed by atoms with E-state index in [1.807, 2.05) is 6.07 Å². The lowest BCUT2D eigenvalue weighted by Crippen LogP contribution is -2.19. The second kappa shape index (κ2) is 7.43. The van der Waals surface area contributed by atoms with Crippen LogP contribution in [-0.2, 0) is 17.0 Å². The van der Waals surface area contributed by atoms with Crippen molar-refractivity contribution in [3.05, 3.63) is 77.4 Å². The van der Waals surface area contributed by atoms with Crippen molar-refractivity contribution in [2.24, 2.45) is 0 Å². The van der Waals surface area contributed by atoms with Crippen LogP contribution in [0.5, 0.6) is 11.5 Å². The number of aromatic hydroxyl groups is 1. The molecule has 156 valence electrons. The van der Waals surface area contributed by atoms with Crippen LogP contribution in [0, 0.1) is 0 Å². The Kier molecular flexibility index (Phi) is 5.19. The van der Waals surface area contributed by atoms with Gasteiger partial charge in [0.1, 0.15) is 19.6 Å². The molecule has 1 unspecified atom stereocenters. The maximum absolute atomic E-state index is 11.1. The average Bonchev–Trinajstić information content (AvgIpc) is 2.67. The molecule has 1 atom stereocenters. The van der Waals surface area contributed by atoms with Gasteiger partial charge in [0.05, 0.1) is 0 Å². The highest BCUT2D eigenvalue weighted by molar-refractivity contribution is 7.61. The molecule has 0 bridgehead atoms. The van der Waals surface area contributed by atoms with Crippen LogP contribution < -0.4 is 9.83 Å². The maximum Gasteiger partial charge on any atom is 0.131 e. The van der Waals surface area contributed by atoms with Gasteiger partial charge in [-0.05, 0) is 39.2 Å². The van der Waals surface area contributed by atoms with E-state index in [1.165, 1.54) is 22.0 Å². The predicted molar refractivity (Wildman–Crippen MR) is 128 cm³/mol. The third-order valence-corrected chi connectivity index (χ3v) is 7.67. The van der Waals surface area contributed by atoms with Crippen molar-refractivity contribution < 1.29 is 9.63 Å². The van der Waals surface area contributed by atoms with Gasteiger partial charge in [0, 0.05) is 17.0 Å². The Bertz CT molecular complexity index is 1050. The molecule has 1 aliphatic rings. The molecule has 4 rings (SSSR count). The summed E-state index contributed by atoms with van der Waals surface area (Å²) in [6.07, 6.45) is 0.827. The lowest BCUT2D eigenvalue weighted by atomic mass is 9.78. The smallest absolute Gasteiger partial charge is 0.131 e. The molecule has 0 saturated heterocycles. The first-order valence-corrected chi connectivity index (χ1v) is 12.0. The van der Waals surface area contributed by atoms with Crippen LogP contribution in [0.15, 0.2) is 60.7 Å². The molecule has 1 N–H and O–H groups in total. The fraction of sp³-hybridized carbons (Fsp3) is 0.333. The molecule has 0 amide bonds. The number of phenolic OH excluding ortho intramolecular Hbond substituents is 1. The van der Waals surface area contributed by atoms with E-state index in [0.717, 1.165) is 23.0 Å². The molecule has 30 heavy (non-hydrogen) atoms. The number of benzene rings is 3. The molecule has 0 fully saturated rings. The lowest BCUT2D eigenvalue weighted by molar-refractivity contribution is 0.423.